The number of rotatable bonds is 8. The van der Waals surface area contributed by atoms with E-state index in [-0.39, 0.29) is 11.4 Å². The first-order valence-corrected chi connectivity index (χ1v) is 10.0. The van der Waals surface area contributed by atoms with E-state index in [1.807, 2.05) is 31.2 Å². The summed E-state index contributed by atoms with van der Waals surface area (Å²) in [6, 6.07) is 14.4. The van der Waals surface area contributed by atoms with Crippen molar-refractivity contribution in [3.05, 3.63) is 59.8 Å². The second-order valence-electron chi connectivity index (χ2n) is 6.03. The number of aromatic nitrogens is 2. The van der Waals surface area contributed by atoms with Crippen molar-refractivity contribution in [1.29, 1.82) is 0 Å². The third kappa shape index (κ3) is 4.79. The maximum absolute atomic E-state index is 12.2. The molecule has 0 unspecified atom stereocenters. The summed E-state index contributed by atoms with van der Waals surface area (Å²) in [4.78, 5) is 9.37. The zero-order chi connectivity index (χ0) is 19.3. The minimum atomic E-state index is -3.52. The normalized spacial score (nSPS) is 11.6. The molecule has 0 aliphatic carbocycles. The topological polar surface area (TPSA) is 93.2 Å². The van der Waals surface area contributed by atoms with Gasteiger partial charge in [-0.3, -0.25) is 0 Å². The van der Waals surface area contributed by atoms with Crippen LogP contribution >= 0.6 is 0 Å². The van der Waals surface area contributed by atoms with Crippen molar-refractivity contribution in [3.63, 3.8) is 0 Å². The number of fused-ring (bicyclic) bond motifs is 1. The molecule has 0 atom stereocenters. The Bertz CT molecular complexity index is 1020. The first-order chi connectivity index (χ1) is 13.0. The van der Waals surface area contributed by atoms with Gasteiger partial charge in [-0.1, -0.05) is 24.3 Å². The van der Waals surface area contributed by atoms with E-state index in [2.05, 4.69) is 20.0 Å². The van der Waals surface area contributed by atoms with Crippen LogP contribution in [-0.4, -0.2) is 38.6 Å². The van der Waals surface area contributed by atoms with Crippen LogP contribution < -0.4 is 10.0 Å². The maximum Gasteiger partial charge on any atom is 0.240 e. The van der Waals surface area contributed by atoms with Crippen LogP contribution in [-0.2, 0) is 21.3 Å². The molecule has 3 aromatic rings. The number of hydrogen-bond acceptors (Lipinski definition) is 6. The molecule has 1 aromatic heterocycles. The number of anilines is 1. The zero-order valence-corrected chi connectivity index (χ0v) is 16.1. The van der Waals surface area contributed by atoms with E-state index < -0.39 is 10.0 Å². The fourth-order valence-corrected chi connectivity index (χ4v) is 3.60. The summed E-state index contributed by atoms with van der Waals surface area (Å²) < 4.78 is 31.7. The van der Waals surface area contributed by atoms with Crippen LogP contribution in [0.5, 0.6) is 0 Å². The Morgan fingerprint density at radius 3 is 2.33 bits per heavy atom. The third-order valence-electron chi connectivity index (χ3n) is 4.04. The lowest BCUT2D eigenvalue weighted by atomic mass is 10.2. The number of hydrogen-bond donors (Lipinski definition) is 2. The lowest BCUT2D eigenvalue weighted by Crippen LogP contribution is -2.27. The summed E-state index contributed by atoms with van der Waals surface area (Å²) in [5.41, 5.74) is 3.45. The van der Waals surface area contributed by atoms with Crippen molar-refractivity contribution in [3.8, 4) is 0 Å². The molecule has 0 radical (unpaired) electrons. The summed E-state index contributed by atoms with van der Waals surface area (Å²) in [5, 5.41) is 3.27. The largest absolute Gasteiger partial charge is 0.383 e. The molecule has 2 aromatic carbocycles. The van der Waals surface area contributed by atoms with Crippen LogP contribution in [0.2, 0.25) is 0 Å². The Morgan fingerprint density at radius 2 is 1.67 bits per heavy atom. The predicted molar refractivity (Wildman–Crippen MR) is 105 cm³/mol. The van der Waals surface area contributed by atoms with Gasteiger partial charge in [0.05, 0.1) is 28.2 Å². The van der Waals surface area contributed by atoms with E-state index in [0.29, 0.717) is 19.0 Å². The van der Waals surface area contributed by atoms with Gasteiger partial charge in [0.15, 0.2) is 0 Å². The van der Waals surface area contributed by atoms with Crippen molar-refractivity contribution in [1.82, 2.24) is 14.7 Å². The Balaban J connectivity index is 1.68. The van der Waals surface area contributed by atoms with Crippen LogP contribution in [0.15, 0.2) is 53.4 Å². The number of nitrogens with zero attached hydrogens (tertiary/aromatic N) is 2. The Labute approximate surface area is 158 Å². The molecule has 2 N–H and O–H groups in total. The highest BCUT2D eigenvalue weighted by atomic mass is 32.2. The first-order valence-electron chi connectivity index (χ1n) is 8.54. The summed E-state index contributed by atoms with van der Waals surface area (Å²) in [5.74, 6) is 0.714. The van der Waals surface area contributed by atoms with Crippen LogP contribution in [0.3, 0.4) is 0 Å². The summed E-state index contributed by atoms with van der Waals surface area (Å²) in [6.45, 7) is 2.99. The second-order valence-corrected chi connectivity index (χ2v) is 7.80. The summed E-state index contributed by atoms with van der Waals surface area (Å²) in [7, 11) is -1.99. The summed E-state index contributed by atoms with van der Waals surface area (Å²) in [6.07, 6.45) is 0. The fourth-order valence-electron chi connectivity index (χ4n) is 2.59. The quantitative estimate of drug-likeness (QED) is 0.578. The molecule has 0 fully saturated rings. The number of sulfonamides is 1. The molecule has 0 aliphatic heterocycles. The highest BCUT2D eigenvalue weighted by molar-refractivity contribution is 7.89. The minimum absolute atomic E-state index is 0.226. The van der Waals surface area contributed by atoms with Crippen LogP contribution in [0.1, 0.15) is 11.3 Å². The van der Waals surface area contributed by atoms with E-state index in [0.717, 1.165) is 22.3 Å². The third-order valence-corrected chi connectivity index (χ3v) is 5.51. The Morgan fingerprint density at radius 1 is 1.00 bits per heavy atom. The molecule has 0 saturated carbocycles. The average Bonchev–Trinajstić information content (AvgIpc) is 2.67. The molecular weight excluding hydrogens is 364 g/mol. The van der Waals surface area contributed by atoms with Gasteiger partial charge in [-0.15, -0.1) is 0 Å². The SMILES string of the molecule is COCCNS(=O)(=O)c1ccc(CNc2nc3ccccc3nc2C)cc1. The van der Waals surface area contributed by atoms with E-state index in [1.165, 1.54) is 7.11 Å². The number of aryl methyl sites for hydroxylation is 1. The molecule has 0 bridgehead atoms. The highest BCUT2D eigenvalue weighted by Gasteiger charge is 2.13. The van der Waals surface area contributed by atoms with Gasteiger partial charge in [-0.05, 0) is 36.8 Å². The van der Waals surface area contributed by atoms with Gasteiger partial charge >= 0.3 is 0 Å². The second kappa shape index (κ2) is 8.43. The zero-order valence-electron chi connectivity index (χ0n) is 15.3. The maximum atomic E-state index is 12.2. The summed E-state index contributed by atoms with van der Waals surface area (Å²) >= 11 is 0. The van der Waals surface area contributed by atoms with Gasteiger partial charge in [0.1, 0.15) is 5.82 Å². The van der Waals surface area contributed by atoms with Crippen LogP contribution in [0.25, 0.3) is 11.0 Å². The minimum Gasteiger partial charge on any atom is -0.383 e. The first kappa shape index (κ1) is 19.2. The standard InChI is InChI=1S/C19H22N4O3S/c1-14-19(23-18-6-4-3-5-17(18)22-14)20-13-15-7-9-16(10-8-15)27(24,25)21-11-12-26-2/h3-10,21H,11-13H2,1-2H3,(H,20,23). The van der Waals surface area contributed by atoms with Gasteiger partial charge in [-0.25, -0.2) is 23.1 Å². The number of methoxy groups -OCH3 is 1. The van der Waals surface area contributed by atoms with Gasteiger partial charge in [0, 0.05) is 20.2 Å². The predicted octanol–water partition coefficient (Wildman–Crippen LogP) is 2.48. The molecule has 0 amide bonds. The molecule has 0 aliphatic rings. The monoisotopic (exact) mass is 386 g/mol. The molecule has 8 heteroatoms. The van der Waals surface area contributed by atoms with Crippen LogP contribution in [0.4, 0.5) is 5.82 Å². The van der Waals surface area contributed by atoms with Crippen molar-refractivity contribution in [2.75, 3.05) is 25.6 Å². The molecule has 142 valence electrons. The number of benzene rings is 2. The van der Waals surface area contributed by atoms with Gasteiger partial charge in [0.2, 0.25) is 10.0 Å². The molecule has 1 heterocycles. The Kier molecular flexibility index (Phi) is 6.00. The van der Waals surface area contributed by atoms with Gasteiger partial charge in [0.25, 0.3) is 0 Å². The van der Waals surface area contributed by atoms with E-state index in [1.54, 1.807) is 24.3 Å². The lowest BCUT2D eigenvalue weighted by Gasteiger charge is -2.10. The number of para-hydroxylation sites is 2. The molecule has 7 nitrogen and oxygen atoms in total. The molecule has 0 saturated heterocycles. The van der Waals surface area contributed by atoms with E-state index in [4.69, 9.17) is 4.74 Å². The van der Waals surface area contributed by atoms with Crippen molar-refractivity contribution in [2.24, 2.45) is 0 Å². The van der Waals surface area contributed by atoms with Crippen molar-refractivity contribution < 1.29 is 13.2 Å². The molecular formula is C19H22N4O3S. The van der Waals surface area contributed by atoms with Gasteiger partial charge in [-0.2, -0.15) is 0 Å². The average molecular weight is 386 g/mol. The van der Waals surface area contributed by atoms with Gasteiger partial charge < -0.3 is 10.1 Å². The van der Waals surface area contributed by atoms with E-state index >= 15 is 0 Å². The highest BCUT2D eigenvalue weighted by Crippen LogP contribution is 2.17. The Hall–Kier alpha value is -2.55. The fraction of sp³-hybridized carbons (Fsp3) is 0.263. The smallest absolute Gasteiger partial charge is 0.240 e. The molecule has 27 heavy (non-hydrogen) atoms. The van der Waals surface area contributed by atoms with E-state index in [9.17, 15) is 8.42 Å². The van der Waals surface area contributed by atoms with Crippen molar-refractivity contribution in [2.45, 2.75) is 18.4 Å². The molecule has 3 rings (SSSR count). The van der Waals surface area contributed by atoms with Crippen molar-refractivity contribution >= 4 is 26.9 Å². The van der Waals surface area contributed by atoms with Crippen LogP contribution in [0, 0.1) is 6.92 Å². The molecule has 0 spiro atoms. The number of ether oxygens (including phenoxy) is 1. The lowest BCUT2D eigenvalue weighted by molar-refractivity contribution is 0.204. The number of nitrogens with one attached hydrogen (secondary N) is 2.